The molecule has 0 unspecified atom stereocenters. The molecule has 0 spiro atoms. The van der Waals surface area contributed by atoms with Crippen LogP contribution in [0.25, 0.3) is 0 Å². The molecule has 0 fully saturated rings. The van der Waals surface area contributed by atoms with Crippen LogP contribution in [0.5, 0.6) is 0 Å². The maximum absolute atomic E-state index is 5.76. The lowest BCUT2D eigenvalue weighted by Crippen LogP contribution is -2.30. The summed E-state index contributed by atoms with van der Waals surface area (Å²) in [5, 5.41) is 2.11. The van der Waals surface area contributed by atoms with Crippen molar-refractivity contribution in [3.8, 4) is 0 Å². The Morgan fingerprint density at radius 3 is 2.74 bits per heavy atom. The lowest BCUT2D eigenvalue weighted by atomic mass is 10.2. The Hall–Kier alpha value is -1.39. The SMILES string of the molecule is Cc1cc(CN)cc(N(Cc2cccs2)C(C)C)n1. The van der Waals surface area contributed by atoms with Crippen molar-refractivity contribution in [2.24, 2.45) is 5.73 Å². The van der Waals surface area contributed by atoms with Gasteiger partial charge in [0.2, 0.25) is 0 Å². The van der Waals surface area contributed by atoms with Crippen molar-refractivity contribution in [1.29, 1.82) is 0 Å². The highest BCUT2D eigenvalue weighted by atomic mass is 32.1. The molecule has 102 valence electrons. The van der Waals surface area contributed by atoms with Crippen molar-refractivity contribution in [1.82, 2.24) is 4.98 Å². The Balaban J connectivity index is 2.30. The second-order valence-electron chi connectivity index (χ2n) is 4.98. The summed E-state index contributed by atoms with van der Waals surface area (Å²) in [6, 6.07) is 8.81. The molecule has 2 aromatic rings. The van der Waals surface area contributed by atoms with E-state index in [1.54, 1.807) is 11.3 Å². The summed E-state index contributed by atoms with van der Waals surface area (Å²) in [4.78, 5) is 8.33. The van der Waals surface area contributed by atoms with E-state index < -0.39 is 0 Å². The van der Waals surface area contributed by atoms with E-state index >= 15 is 0 Å². The molecule has 0 aliphatic carbocycles. The molecule has 2 N–H and O–H groups in total. The van der Waals surface area contributed by atoms with Crippen LogP contribution in [0.1, 0.15) is 30.0 Å². The number of hydrogen-bond donors (Lipinski definition) is 1. The van der Waals surface area contributed by atoms with Crippen LogP contribution in [0.4, 0.5) is 5.82 Å². The van der Waals surface area contributed by atoms with Gasteiger partial charge in [-0.2, -0.15) is 0 Å². The van der Waals surface area contributed by atoms with Gasteiger partial charge in [0, 0.05) is 23.2 Å². The van der Waals surface area contributed by atoms with Gasteiger partial charge in [0.05, 0.1) is 6.54 Å². The molecule has 0 aliphatic heterocycles. The summed E-state index contributed by atoms with van der Waals surface area (Å²) < 4.78 is 0. The Labute approximate surface area is 119 Å². The highest BCUT2D eigenvalue weighted by molar-refractivity contribution is 7.09. The second kappa shape index (κ2) is 6.17. The molecule has 0 saturated heterocycles. The third-order valence-electron chi connectivity index (χ3n) is 3.06. The van der Waals surface area contributed by atoms with Crippen LogP contribution < -0.4 is 10.6 Å². The minimum atomic E-state index is 0.405. The largest absolute Gasteiger partial charge is 0.349 e. The Morgan fingerprint density at radius 1 is 1.37 bits per heavy atom. The van der Waals surface area contributed by atoms with Crippen molar-refractivity contribution in [3.05, 3.63) is 45.8 Å². The molecule has 0 amide bonds. The monoisotopic (exact) mass is 275 g/mol. The summed E-state index contributed by atoms with van der Waals surface area (Å²) in [7, 11) is 0. The van der Waals surface area contributed by atoms with Crippen LogP contribution in [-0.2, 0) is 13.1 Å². The van der Waals surface area contributed by atoms with Gasteiger partial charge in [0.15, 0.2) is 0 Å². The van der Waals surface area contributed by atoms with Gasteiger partial charge in [-0.15, -0.1) is 11.3 Å². The van der Waals surface area contributed by atoms with Gasteiger partial charge in [-0.25, -0.2) is 4.98 Å². The molecule has 0 radical (unpaired) electrons. The van der Waals surface area contributed by atoms with Gasteiger partial charge in [0.1, 0.15) is 5.82 Å². The summed E-state index contributed by atoms with van der Waals surface area (Å²) in [5.74, 6) is 1.02. The average Bonchev–Trinajstić information content (AvgIpc) is 2.87. The van der Waals surface area contributed by atoms with Crippen LogP contribution >= 0.6 is 11.3 Å². The van der Waals surface area contributed by atoms with Crippen LogP contribution in [-0.4, -0.2) is 11.0 Å². The van der Waals surface area contributed by atoms with E-state index in [1.165, 1.54) is 4.88 Å². The van der Waals surface area contributed by atoms with Crippen molar-refractivity contribution < 1.29 is 0 Å². The maximum atomic E-state index is 5.76. The first kappa shape index (κ1) is 14.0. The molecule has 0 atom stereocenters. The van der Waals surface area contributed by atoms with Gasteiger partial charge in [-0.3, -0.25) is 0 Å². The predicted molar refractivity (Wildman–Crippen MR) is 82.5 cm³/mol. The fourth-order valence-corrected chi connectivity index (χ4v) is 2.79. The molecule has 0 aliphatic rings. The highest BCUT2D eigenvalue weighted by Gasteiger charge is 2.14. The minimum Gasteiger partial charge on any atom is -0.349 e. The molecular formula is C15H21N3S. The standard InChI is InChI=1S/C15H21N3S/c1-11(2)18(10-14-5-4-6-19-14)15-8-13(9-16)7-12(3)17-15/h4-8,11H,9-10,16H2,1-3H3. The minimum absolute atomic E-state index is 0.405. The van der Waals surface area contributed by atoms with Crippen molar-refractivity contribution in [2.75, 3.05) is 4.90 Å². The topological polar surface area (TPSA) is 42.1 Å². The van der Waals surface area contributed by atoms with Gasteiger partial charge in [0.25, 0.3) is 0 Å². The number of thiophene rings is 1. The molecule has 0 aromatic carbocycles. The first-order chi connectivity index (χ1) is 9.10. The van der Waals surface area contributed by atoms with Crippen molar-refractivity contribution in [2.45, 2.75) is 39.9 Å². The Bertz CT molecular complexity index is 520. The second-order valence-corrected chi connectivity index (χ2v) is 6.01. The summed E-state index contributed by atoms with van der Waals surface area (Å²) in [6.45, 7) is 7.86. The zero-order valence-electron chi connectivity index (χ0n) is 11.8. The number of pyridine rings is 1. The van der Waals surface area contributed by atoms with E-state index in [9.17, 15) is 0 Å². The molecule has 19 heavy (non-hydrogen) atoms. The zero-order chi connectivity index (χ0) is 13.8. The number of aromatic nitrogens is 1. The van der Waals surface area contributed by atoms with Gasteiger partial charge < -0.3 is 10.6 Å². The Kier molecular flexibility index (Phi) is 4.56. The van der Waals surface area contributed by atoms with Crippen molar-refractivity contribution >= 4 is 17.2 Å². The van der Waals surface area contributed by atoms with E-state index in [1.807, 2.05) is 13.0 Å². The molecule has 2 aromatic heterocycles. The van der Waals surface area contributed by atoms with E-state index in [4.69, 9.17) is 5.73 Å². The number of hydrogen-bond acceptors (Lipinski definition) is 4. The van der Waals surface area contributed by atoms with Crippen LogP contribution in [0.2, 0.25) is 0 Å². The first-order valence-corrected chi connectivity index (χ1v) is 7.44. The highest BCUT2D eigenvalue weighted by Crippen LogP contribution is 2.22. The molecular weight excluding hydrogens is 254 g/mol. The third kappa shape index (κ3) is 3.55. The number of rotatable bonds is 5. The van der Waals surface area contributed by atoms with Gasteiger partial charge in [-0.1, -0.05) is 6.07 Å². The normalized spacial score (nSPS) is 11.0. The lowest BCUT2D eigenvalue weighted by Gasteiger charge is -2.28. The average molecular weight is 275 g/mol. The summed E-state index contributed by atoms with van der Waals surface area (Å²) >= 11 is 1.78. The van der Waals surface area contributed by atoms with E-state index in [0.717, 1.165) is 23.6 Å². The van der Waals surface area contributed by atoms with E-state index in [-0.39, 0.29) is 0 Å². The fraction of sp³-hybridized carbons (Fsp3) is 0.400. The summed E-state index contributed by atoms with van der Waals surface area (Å²) in [5.41, 5.74) is 7.92. The molecule has 0 bridgehead atoms. The van der Waals surface area contributed by atoms with Gasteiger partial charge in [-0.05, 0) is 49.9 Å². The predicted octanol–water partition coefficient (Wildman–Crippen LogP) is 3.33. The molecule has 3 nitrogen and oxygen atoms in total. The van der Waals surface area contributed by atoms with E-state index in [0.29, 0.717) is 12.6 Å². The van der Waals surface area contributed by atoms with Crippen LogP contribution in [0.3, 0.4) is 0 Å². The Morgan fingerprint density at radius 2 is 2.16 bits per heavy atom. The first-order valence-electron chi connectivity index (χ1n) is 6.57. The number of nitrogens with zero attached hydrogens (tertiary/aromatic N) is 2. The van der Waals surface area contributed by atoms with E-state index in [2.05, 4.69) is 47.3 Å². The molecule has 2 heterocycles. The smallest absolute Gasteiger partial charge is 0.129 e. The molecule has 2 rings (SSSR count). The quantitative estimate of drug-likeness (QED) is 0.910. The third-order valence-corrected chi connectivity index (χ3v) is 3.92. The fourth-order valence-electron chi connectivity index (χ4n) is 2.08. The number of aryl methyl sites for hydroxylation is 1. The zero-order valence-corrected chi connectivity index (χ0v) is 12.6. The summed E-state index contributed by atoms with van der Waals surface area (Å²) in [6.07, 6.45) is 0. The lowest BCUT2D eigenvalue weighted by molar-refractivity contribution is 0.675. The van der Waals surface area contributed by atoms with Crippen molar-refractivity contribution in [3.63, 3.8) is 0 Å². The van der Waals surface area contributed by atoms with Crippen LogP contribution in [0, 0.1) is 6.92 Å². The molecule has 4 heteroatoms. The van der Waals surface area contributed by atoms with Gasteiger partial charge >= 0.3 is 0 Å². The number of anilines is 1. The molecule has 0 saturated carbocycles. The number of nitrogens with two attached hydrogens (primary N) is 1. The maximum Gasteiger partial charge on any atom is 0.129 e. The van der Waals surface area contributed by atoms with Crippen LogP contribution in [0.15, 0.2) is 29.6 Å².